The predicted molar refractivity (Wildman–Crippen MR) is 83.1 cm³/mol. The van der Waals surface area contributed by atoms with Crippen LogP contribution in [0.1, 0.15) is 65.2 Å². The van der Waals surface area contributed by atoms with E-state index in [1.54, 1.807) is 0 Å². The van der Waals surface area contributed by atoms with E-state index in [2.05, 4.69) is 13.8 Å². The SMILES string of the molecule is C[C@]12CCC[C@@H]1[C@@H]1[C@H](O)C[C@H]3CC(=O)CC[C@@]3(C)[C@@H]1C(=O)C2. The summed E-state index contributed by atoms with van der Waals surface area (Å²) in [5.74, 6) is 1.54. The first-order chi connectivity index (χ1) is 10.3. The lowest BCUT2D eigenvalue weighted by Crippen LogP contribution is -2.60. The maximum atomic E-state index is 13.1. The first kappa shape index (κ1) is 14.9. The average Bonchev–Trinajstić information content (AvgIpc) is 2.81. The van der Waals surface area contributed by atoms with Crippen LogP contribution < -0.4 is 0 Å². The molecule has 0 heterocycles. The maximum Gasteiger partial charge on any atom is 0.137 e. The number of fused-ring (bicyclic) bond motifs is 5. The molecular formula is C19H28O3. The zero-order valence-electron chi connectivity index (χ0n) is 13.8. The zero-order chi connectivity index (χ0) is 15.7. The molecule has 0 spiro atoms. The van der Waals surface area contributed by atoms with Gasteiger partial charge in [-0.05, 0) is 54.3 Å². The summed E-state index contributed by atoms with van der Waals surface area (Å²) in [6, 6.07) is 0. The van der Waals surface area contributed by atoms with Crippen molar-refractivity contribution in [3.63, 3.8) is 0 Å². The fourth-order valence-electron chi connectivity index (χ4n) is 6.82. The highest BCUT2D eigenvalue weighted by atomic mass is 16.3. The quantitative estimate of drug-likeness (QED) is 0.748. The second-order valence-electron chi connectivity index (χ2n) is 9.10. The molecule has 0 aliphatic heterocycles. The molecule has 4 aliphatic carbocycles. The lowest BCUT2D eigenvalue weighted by atomic mass is 9.44. The Labute approximate surface area is 132 Å². The van der Waals surface area contributed by atoms with Crippen molar-refractivity contribution in [2.75, 3.05) is 0 Å². The number of carbonyl (C=O) groups excluding carboxylic acids is 2. The molecule has 4 saturated carbocycles. The minimum absolute atomic E-state index is 0.00877. The van der Waals surface area contributed by atoms with E-state index in [1.807, 2.05) is 0 Å². The summed E-state index contributed by atoms with van der Waals surface area (Å²) in [6.45, 7) is 4.51. The molecule has 4 aliphatic rings. The Morgan fingerprint density at radius 1 is 1.18 bits per heavy atom. The first-order valence-electron chi connectivity index (χ1n) is 9.08. The minimum Gasteiger partial charge on any atom is -0.393 e. The molecule has 0 bridgehead atoms. The lowest BCUT2D eigenvalue weighted by molar-refractivity contribution is -0.176. The summed E-state index contributed by atoms with van der Waals surface area (Å²) in [7, 11) is 0. The maximum absolute atomic E-state index is 13.1. The van der Waals surface area contributed by atoms with Crippen molar-refractivity contribution in [3.05, 3.63) is 0 Å². The van der Waals surface area contributed by atoms with Gasteiger partial charge < -0.3 is 5.11 Å². The molecule has 0 unspecified atom stereocenters. The van der Waals surface area contributed by atoms with E-state index >= 15 is 0 Å². The van der Waals surface area contributed by atoms with E-state index in [0.717, 1.165) is 19.3 Å². The van der Waals surface area contributed by atoms with Gasteiger partial charge in [0.2, 0.25) is 0 Å². The van der Waals surface area contributed by atoms with Crippen molar-refractivity contribution in [1.82, 2.24) is 0 Å². The van der Waals surface area contributed by atoms with Gasteiger partial charge in [-0.15, -0.1) is 0 Å². The molecule has 0 aromatic rings. The highest BCUT2D eigenvalue weighted by molar-refractivity contribution is 5.85. The van der Waals surface area contributed by atoms with E-state index < -0.39 is 0 Å². The van der Waals surface area contributed by atoms with E-state index in [9.17, 15) is 14.7 Å². The number of aliphatic hydroxyl groups is 1. The summed E-state index contributed by atoms with van der Waals surface area (Å²) in [6.07, 6.45) is 6.58. The van der Waals surface area contributed by atoms with Gasteiger partial charge in [0, 0.05) is 25.2 Å². The molecule has 1 N–H and O–H groups in total. The van der Waals surface area contributed by atoms with Crippen LogP contribution in [-0.2, 0) is 9.59 Å². The summed E-state index contributed by atoms with van der Waals surface area (Å²) >= 11 is 0. The Morgan fingerprint density at radius 2 is 1.95 bits per heavy atom. The lowest BCUT2D eigenvalue weighted by Gasteiger charge is -2.60. The van der Waals surface area contributed by atoms with Crippen molar-refractivity contribution in [2.24, 2.45) is 34.5 Å². The van der Waals surface area contributed by atoms with E-state index in [-0.39, 0.29) is 34.7 Å². The summed E-state index contributed by atoms with van der Waals surface area (Å²) in [5, 5.41) is 10.9. The third-order valence-corrected chi connectivity index (χ3v) is 7.96. The molecule has 3 nitrogen and oxygen atoms in total. The number of hydrogen-bond acceptors (Lipinski definition) is 3. The normalized spacial score (nSPS) is 54.6. The topological polar surface area (TPSA) is 54.4 Å². The highest BCUT2D eigenvalue weighted by Gasteiger charge is 2.63. The Bertz CT molecular complexity index is 527. The molecule has 0 amide bonds. The van der Waals surface area contributed by atoms with Crippen LogP contribution in [0.4, 0.5) is 0 Å². The molecule has 7 atom stereocenters. The molecule has 0 aromatic heterocycles. The van der Waals surface area contributed by atoms with Crippen molar-refractivity contribution in [2.45, 2.75) is 71.3 Å². The van der Waals surface area contributed by atoms with E-state index in [0.29, 0.717) is 36.7 Å². The number of Topliss-reactive ketones (excluding diaryl/α,β-unsaturated/α-hetero) is 2. The molecule has 22 heavy (non-hydrogen) atoms. The molecule has 3 heteroatoms. The van der Waals surface area contributed by atoms with Crippen LogP contribution in [0.15, 0.2) is 0 Å². The van der Waals surface area contributed by atoms with Gasteiger partial charge in [-0.25, -0.2) is 0 Å². The van der Waals surface area contributed by atoms with Crippen LogP contribution >= 0.6 is 0 Å². The first-order valence-corrected chi connectivity index (χ1v) is 9.08. The Kier molecular flexibility index (Phi) is 3.15. The molecule has 122 valence electrons. The monoisotopic (exact) mass is 304 g/mol. The van der Waals surface area contributed by atoms with Gasteiger partial charge in [0.15, 0.2) is 0 Å². The smallest absolute Gasteiger partial charge is 0.137 e. The standard InChI is InChI=1S/C19H28O3/c1-18-6-3-4-13(18)16-14(21)9-11-8-12(20)5-7-19(11,2)17(16)15(22)10-18/h11,13-14,16-17,21H,3-10H2,1-2H3/t11-,13-,14-,16-,17-,18-,19-/m1/s1. The molecule has 4 rings (SSSR count). The molecule has 0 aromatic carbocycles. The zero-order valence-corrected chi connectivity index (χ0v) is 13.8. The second-order valence-corrected chi connectivity index (χ2v) is 9.10. The molecule has 4 fully saturated rings. The largest absolute Gasteiger partial charge is 0.393 e. The Morgan fingerprint density at radius 3 is 2.73 bits per heavy atom. The van der Waals surface area contributed by atoms with Crippen molar-refractivity contribution in [1.29, 1.82) is 0 Å². The van der Waals surface area contributed by atoms with Gasteiger partial charge in [0.1, 0.15) is 11.6 Å². The number of carbonyl (C=O) groups is 2. The van der Waals surface area contributed by atoms with Crippen molar-refractivity contribution in [3.8, 4) is 0 Å². The van der Waals surface area contributed by atoms with Crippen LogP contribution in [-0.4, -0.2) is 22.8 Å². The van der Waals surface area contributed by atoms with Crippen LogP contribution in [0.2, 0.25) is 0 Å². The van der Waals surface area contributed by atoms with Crippen LogP contribution in [0, 0.1) is 34.5 Å². The number of aliphatic hydroxyl groups excluding tert-OH is 1. The van der Waals surface area contributed by atoms with Gasteiger partial charge in [-0.3, -0.25) is 9.59 Å². The number of rotatable bonds is 0. The highest BCUT2D eigenvalue weighted by Crippen LogP contribution is 2.64. The summed E-state index contributed by atoms with van der Waals surface area (Å²) in [5.41, 5.74) is 0.0612. The van der Waals surface area contributed by atoms with Crippen LogP contribution in [0.25, 0.3) is 0 Å². The summed E-state index contributed by atoms with van der Waals surface area (Å²) in [4.78, 5) is 24.9. The van der Waals surface area contributed by atoms with Crippen LogP contribution in [0.3, 0.4) is 0 Å². The van der Waals surface area contributed by atoms with Gasteiger partial charge in [0.25, 0.3) is 0 Å². The van der Waals surface area contributed by atoms with Gasteiger partial charge in [-0.1, -0.05) is 20.3 Å². The summed E-state index contributed by atoms with van der Waals surface area (Å²) < 4.78 is 0. The third-order valence-electron chi connectivity index (χ3n) is 7.96. The van der Waals surface area contributed by atoms with Gasteiger partial charge in [-0.2, -0.15) is 0 Å². The Hall–Kier alpha value is -0.700. The molecule has 0 saturated heterocycles. The fraction of sp³-hybridized carbons (Fsp3) is 0.895. The molecular weight excluding hydrogens is 276 g/mol. The number of ketones is 2. The van der Waals surface area contributed by atoms with Gasteiger partial charge in [0.05, 0.1) is 6.10 Å². The average molecular weight is 304 g/mol. The van der Waals surface area contributed by atoms with E-state index in [4.69, 9.17) is 0 Å². The van der Waals surface area contributed by atoms with Crippen LogP contribution in [0.5, 0.6) is 0 Å². The van der Waals surface area contributed by atoms with E-state index in [1.165, 1.54) is 12.8 Å². The Balaban J connectivity index is 1.75. The number of hydrogen-bond donors (Lipinski definition) is 1. The van der Waals surface area contributed by atoms with Crippen molar-refractivity contribution >= 4 is 11.6 Å². The minimum atomic E-state index is -0.388. The van der Waals surface area contributed by atoms with Gasteiger partial charge >= 0.3 is 0 Å². The molecule has 0 radical (unpaired) electrons. The second kappa shape index (κ2) is 4.66. The van der Waals surface area contributed by atoms with Crippen molar-refractivity contribution < 1.29 is 14.7 Å². The predicted octanol–water partition coefficient (Wildman–Crippen LogP) is 3.14. The third kappa shape index (κ3) is 1.84. The fourth-order valence-corrected chi connectivity index (χ4v) is 6.82.